The summed E-state index contributed by atoms with van der Waals surface area (Å²) >= 11 is 0. The summed E-state index contributed by atoms with van der Waals surface area (Å²) < 4.78 is 27.1. The van der Waals surface area contributed by atoms with Crippen molar-refractivity contribution in [3.8, 4) is 0 Å². The molecule has 1 aliphatic heterocycles. The van der Waals surface area contributed by atoms with Gasteiger partial charge in [-0.05, 0) is 32.1 Å². The summed E-state index contributed by atoms with van der Waals surface area (Å²) in [6, 6.07) is 0.428. The van der Waals surface area contributed by atoms with E-state index in [2.05, 4.69) is 19.2 Å². The van der Waals surface area contributed by atoms with Crippen molar-refractivity contribution >= 4 is 10.0 Å². The van der Waals surface area contributed by atoms with Gasteiger partial charge in [0, 0.05) is 25.2 Å². The van der Waals surface area contributed by atoms with Crippen LogP contribution in [-0.2, 0) is 10.0 Å². The highest BCUT2D eigenvalue weighted by molar-refractivity contribution is 7.89. The first-order chi connectivity index (χ1) is 8.66. The second-order valence-corrected chi connectivity index (χ2v) is 8.85. The minimum atomic E-state index is -3.20. The second kappa shape index (κ2) is 6.55. The topological polar surface area (TPSA) is 49.4 Å². The fourth-order valence-corrected chi connectivity index (χ4v) is 4.64. The summed E-state index contributed by atoms with van der Waals surface area (Å²) in [5.41, 5.74) is 0. The van der Waals surface area contributed by atoms with E-state index < -0.39 is 10.0 Å². The van der Waals surface area contributed by atoms with Crippen molar-refractivity contribution in [2.45, 2.75) is 65.3 Å². The Balaban J connectivity index is 2.80. The molecule has 0 aromatic heterocycles. The molecule has 1 aliphatic rings. The lowest BCUT2D eigenvalue weighted by Crippen LogP contribution is -2.53. The lowest BCUT2D eigenvalue weighted by Gasteiger charge is -2.41. The van der Waals surface area contributed by atoms with Gasteiger partial charge in [0.25, 0.3) is 0 Å². The lowest BCUT2D eigenvalue weighted by atomic mass is 9.88. The van der Waals surface area contributed by atoms with Crippen LogP contribution < -0.4 is 5.32 Å². The second-order valence-electron chi connectivity index (χ2n) is 6.55. The summed E-state index contributed by atoms with van der Waals surface area (Å²) in [6.45, 7) is 13.4. The van der Waals surface area contributed by atoms with Crippen LogP contribution in [0.1, 0.15) is 48.0 Å². The van der Waals surface area contributed by atoms with Crippen LogP contribution in [0.2, 0.25) is 0 Å². The van der Waals surface area contributed by atoms with E-state index in [0.29, 0.717) is 31.0 Å². The normalized spacial score (nSPS) is 31.6. The van der Waals surface area contributed by atoms with E-state index in [1.54, 1.807) is 11.2 Å². The van der Waals surface area contributed by atoms with Gasteiger partial charge in [-0.15, -0.1) is 0 Å². The van der Waals surface area contributed by atoms with Crippen molar-refractivity contribution in [1.82, 2.24) is 9.62 Å². The minimum absolute atomic E-state index is 0.114. The molecule has 1 saturated heterocycles. The predicted octanol–water partition coefficient (Wildman–Crippen LogP) is 2.07. The van der Waals surface area contributed by atoms with E-state index in [4.69, 9.17) is 0 Å². The van der Waals surface area contributed by atoms with Crippen LogP contribution in [0.25, 0.3) is 0 Å². The zero-order valence-corrected chi connectivity index (χ0v) is 14.0. The molecule has 1 N–H and O–H groups in total. The van der Waals surface area contributed by atoms with Crippen molar-refractivity contribution in [2.75, 3.05) is 13.1 Å². The van der Waals surface area contributed by atoms with Gasteiger partial charge in [-0.1, -0.05) is 27.7 Å². The first kappa shape index (κ1) is 16.9. The van der Waals surface area contributed by atoms with Crippen LogP contribution in [-0.4, -0.2) is 43.1 Å². The lowest BCUT2D eigenvalue weighted by molar-refractivity contribution is 0.156. The number of sulfonamides is 1. The van der Waals surface area contributed by atoms with E-state index in [1.165, 1.54) is 0 Å². The molecule has 5 heteroatoms. The van der Waals surface area contributed by atoms with Crippen LogP contribution in [0.3, 0.4) is 0 Å². The maximum atomic E-state index is 12.7. The smallest absolute Gasteiger partial charge is 0.218 e. The van der Waals surface area contributed by atoms with Gasteiger partial charge >= 0.3 is 0 Å². The Morgan fingerprint density at radius 2 is 1.79 bits per heavy atom. The Bertz CT molecular complexity index is 381. The van der Waals surface area contributed by atoms with E-state index >= 15 is 0 Å². The number of piperidine rings is 1. The average Bonchev–Trinajstić information content (AvgIpc) is 2.30. The highest BCUT2D eigenvalue weighted by atomic mass is 32.2. The van der Waals surface area contributed by atoms with Crippen LogP contribution in [0.4, 0.5) is 0 Å². The third-order valence-electron chi connectivity index (χ3n) is 4.19. The highest BCUT2D eigenvalue weighted by Gasteiger charge is 2.38. The maximum Gasteiger partial charge on any atom is 0.218 e. The molecule has 1 heterocycles. The molecule has 0 amide bonds. The predicted molar refractivity (Wildman–Crippen MR) is 80.6 cm³/mol. The zero-order valence-electron chi connectivity index (χ0n) is 13.2. The van der Waals surface area contributed by atoms with E-state index in [-0.39, 0.29) is 11.3 Å². The van der Waals surface area contributed by atoms with Crippen molar-refractivity contribution in [3.05, 3.63) is 0 Å². The molecule has 4 atom stereocenters. The van der Waals surface area contributed by atoms with Gasteiger partial charge in [0.05, 0.1) is 5.25 Å². The van der Waals surface area contributed by atoms with Gasteiger partial charge in [0.1, 0.15) is 0 Å². The molecule has 114 valence electrons. The van der Waals surface area contributed by atoms with E-state index in [1.807, 2.05) is 20.8 Å². The van der Waals surface area contributed by atoms with E-state index in [9.17, 15) is 8.42 Å². The van der Waals surface area contributed by atoms with Gasteiger partial charge in [0.2, 0.25) is 10.0 Å². The number of rotatable bonds is 5. The first-order valence-corrected chi connectivity index (χ1v) is 8.90. The molecule has 0 radical (unpaired) electrons. The molecule has 0 aromatic carbocycles. The highest BCUT2D eigenvalue weighted by Crippen LogP contribution is 2.30. The SMILES string of the molecule is CC1CC(C)C(C)N(S(=O)(=O)C(C)CNC(C)C)C1. The number of hydrogen-bond acceptors (Lipinski definition) is 3. The summed E-state index contributed by atoms with van der Waals surface area (Å²) in [7, 11) is -3.20. The Morgan fingerprint density at radius 3 is 2.32 bits per heavy atom. The minimum Gasteiger partial charge on any atom is -0.313 e. The zero-order chi connectivity index (χ0) is 14.8. The number of nitrogens with one attached hydrogen (secondary N) is 1. The monoisotopic (exact) mass is 290 g/mol. The number of nitrogens with zero attached hydrogens (tertiary/aromatic N) is 1. The molecule has 0 bridgehead atoms. The van der Waals surface area contributed by atoms with Gasteiger partial charge in [0.15, 0.2) is 0 Å². The molecule has 0 aromatic rings. The van der Waals surface area contributed by atoms with Crippen LogP contribution in [0.15, 0.2) is 0 Å². The molecule has 4 nitrogen and oxygen atoms in total. The molecule has 19 heavy (non-hydrogen) atoms. The van der Waals surface area contributed by atoms with Crippen molar-refractivity contribution in [3.63, 3.8) is 0 Å². The summed E-state index contributed by atoms with van der Waals surface area (Å²) in [5, 5.41) is 2.86. The summed E-state index contributed by atoms with van der Waals surface area (Å²) in [6.07, 6.45) is 1.12. The van der Waals surface area contributed by atoms with E-state index in [0.717, 1.165) is 6.42 Å². The first-order valence-electron chi connectivity index (χ1n) is 7.40. The molecule has 4 unspecified atom stereocenters. The fraction of sp³-hybridized carbons (Fsp3) is 1.00. The maximum absolute atomic E-state index is 12.7. The molecule has 1 fully saturated rings. The molecule has 1 rings (SSSR count). The average molecular weight is 290 g/mol. The number of hydrogen-bond donors (Lipinski definition) is 1. The fourth-order valence-electron chi connectivity index (χ4n) is 2.74. The van der Waals surface area contributed by atoms with Crippen molar-refractivity contribution < 1.29 is 8.42 Å². The van der Waals surface area contributed by atoms with Crippen LogP contribution in [0, 0.1) is 11.8 Å². The van der Waals surface area contributed by atoms with Gasteiger partial charge in [-0.25, -0.2) is 8.42 Å². The van der Waals surface area contributed by atoms with Gasteiger partial charge < -0.3 is 5.32 Å². The van der Waals surface area contributed by atoms with Crippen molar-refractivity contribution in [1.29, 1.82) is 0 Å². The largest absolute Gasteiger partial charge is 0.313 e. The van der Waals surface area contributed by atoms with Crippen molar-refractivity contribution in [2.24, 2.45) is 11.8 Å². The van der Waals surface area contributed by atoms with Gasteiger partial charge in [-0.3, -0.25) is 0 Å². The molecule has 0 saturated carbocycles. The Morgan fingerprint density at radius 1 is 1.21 bits per heavy atom. The summed E-state index contributed by atoms with van der Waals surface area (Å²) in [4.78, 5) is 0. The van der Waals surface area contributed by atoms with Gasteiger partial charge in [-0.2, -0.15) is 4.31 Å². The van der Waals surface area contributed by atoms with Crippen LogP contribution in [0.5, 0.6) is 0 Å². The summed E-state index contributed by atoms with van der Waals surface area (Å²) in [5.74, 6) is 0.884. The standard InChI is InChI=1S/C14H30N2O2S/c1-10(2)15-8-13(5)19(17,18)16-9-11(3)7-12(4)14(16)6/h10-15H,7-9H2,1-6H3. The quantitative estimate of drug-likeness (QED) is 0.843. The molecular weight excluding hydrogens is 260 g/mol. The Labute approximate surface area is 119 Å². The third-order valence-corrected chi connectivity index (χ3v) is 6.51. The molecular formula is C14H30N2O2S. The third kappa shape index (κ3) is 4.17. The Hall–Kier alpha value is -0.130. The van der Waals surface area contributed by atoms with Crippen LogP contribution >= 0.6 is 0 Å². The molecule has 0 spiro atoms. The Kier molecular flexibility index (Phi) is 5.83. The molecule has 0 aliphatic carbocycles.